The fraction of sp³-hybridized carbons (Fsp3) is 0. The Morgan fingerprint density at radius 1 is 0.425 bits per heavy atom. The summed E-state index contributed by atoms with van der Waals surface area (Å²) >= 11 is 0. The van der Waals surface area contributed by atoms with Crippen LogP contribution in [0.2, 0.25) is 0 Å². The van der Waals surface area contributed by atoms with Crippen LogP contribution in [0.1, 0.15) is 41.4 Å². The number of hydrogen-bond acceptors (Lipinski definition) is 8. The monoisotopic (exact) mass is 532 g/mol. The molecule has 0 aliphatic carbocycles. The van der Waals surface area contributed by atoms with Crippen molar-refractivity contribution in [3.63, 3.8) is 0 Å². The van der Waals surface area contributed by atoms with Crippen LogP contribution in [0.25, 0.3) is 0 Å². The zero-order chi connectivity index (χ0) is 27.9. The van der Waals surface area contributed by atoms with Crippen molar-refractivity contribution in [2.75, 3.05) is 0 Å². The summed E-state index contributed by atoms with van der Waals surface area (Å²) < 4.78 is 5.49. The summed E-state index contributed by atoms with van der Waals surface area (Å²) in [7, 11) is 0. The third-order valence-electron chi connectivity index (χ3n) is 5.69. The zero-order valence-electron chi connectivity index (χ0n) is 20.8. The van der Waals surface area contributed by atoms with Gasteiger partial charge in [0, 0.05) is 71.8 Å². The van der Waals surface area contributed by atoms with Crippen LogP contribution >= 0.6 is 0 Å². The summed E-state index contributed by atoms with van der Waals surface area (Å²) in [6, 6.07) is 13.0. The maximum Gasteiger partial charge on any atom is 0.263 e. The van der Waals surface area contributed by atoms with Crippen LogP contribution < -0.4 is 0 Å². The number of nitrogens with zero attached hydrogens (tertiary/aromatic N) is 8. The van der Waals surface area contributed by atoms with Crippen LogP contribution in [0.5, 0.6) is 0 Å². The number of aromatic nitrogens is 8. The average molecular weight is 533 g/mol. The lowest BCUT2D eigenvalue weighted by atomic mass is 10.1. The molecule has 2 aromatic carbocycles. The average Bonchev–Trinajstić information content (AvgIpc) is 3.84. The minimum absolute atomic E-state index is 0.191. The molecule has 0 amide bonds. The topological polar surface area (TPSA) is 140 Å². The zero-order valence-corrected chi connectivity index (χ0v) is 20.8. The van der Waals surface area contributed by atoms with Gasteiger partial charge in [0.15, 0.2) is 0 Å². The summed E-state index contributed by atoms with van der Waals surface area (Å²) in [5.41, 5.74) is 1.83. The Morgan fingerprint density at radius 2 is 0.725 bits per heavy atom. The van der Waals surface area contributed by atoms with Gasteiger partial charge in [0.1, 0.15) is 25.3 Å². The predicted octanol–water partition coefficient (Wildman–Crippen LogP) is 2.91. The number of carbonyl (C=O) groups excluding carboxylic acids is 4. The summed E-state index contributed by atoms with van der Waals surface area (Å²) in [5.74, 6) is -0.848. The van der Waals surface area contributed by atoms with E-state index in [1.54, 1.807) is 73.3 Å². The highest BCUT2D eigenvalue weighted by Gasteiger charge is 2.13. The molecule has 0 N–H and O–H groups in total. The Labute approximate surface area is 226 Å². The van der Waals surface area contributed by atoms with E-state index in [0.717, 1.165) is 0 Å². The second-order valence-corrected chi connectivity index (χ2v) is 8.26. The van der Waals surface area contributed by atoms with Gasteiger partial charge in [-0.1, -0.05) is 6.07 Å². The van der Waals surface area contributed by atoms with Gasteiger partial charge < -0.3 is 0 Å². The van der Waals surface area contributed by atoms with Crippen molar-refractivity contribution in [3.05, 3.63) is 146 Å². The van der Waals surface area contributed by atoms with E-state index in [-0.39, 0.29) is 23.6 Å². The van der Waals surface area contributed by atoms with Crippen molar-refractivity contribution < 1.29 is 19.2 Å². The minimum Gasteiger partial charge on any atom is -0.272 e. The van der Waals surface area contributed by atoms with Gasteiger partial charge >= 0.3 is 0 Å². The quantitative estimate of drug-likeness (QED) is 0.338. The molecule has 0 aliphatic rings. The molecular weight excluding hydrogens is 512 g/mol. The molecule has 40 heavy (non-hydrogen) atoms. The molecule has 0 saturated carbocycles. The Bertz CT molecular complexity index is 1610. The van der Waals surface area contributed by atoms with Crippen molar-refractivity contribution in [2.45, 2.75) is 0 Å². The molecule has 0 saturated heterocycles. The molecular formula is C28H20N8O4. The molecule has 196 valence electrons. The van der Waals surface area contributed by atoms with E-state index in [1.807, 2.05) is 0 Å². The number of imidazole rings is 4. The molecule has 4 heterocycles. The van der Waals surface area contributed by atoms with Gasteiger partial charge in [0.25, 0.3) is 23.6 Å². The smallest absolute Gasteiger partial charge is 0.263 e. The molecule has 4 aromatic heterocycles. The van der Waals surface area contributed by atoms with Gasteiger partial charge in [-0.25, -0.2) is 19.9 Å². The highest BCUT2D eigenvalue weighted by atomic mass is 16.2. The van der Waals surface area contributed by atoms with Crippen molar-refractivity contribution in [3.8, 4) is 0 Å². The molecule has 0 bridgehead atoms. The maximum absolute atomic E-state index is 12.2. The fourth-order valence-corrected chi connectivity index (χ4v) is 3.65. The van der Waals surface area contributed by atoms with Gasteiger partial charge in [-0.2, -0.15) is 0 Å². The van der Waals surface area contributed by atoms with Crippen LogP contribution in [0.15, 0.2) is 123 Å². The van der Waals surface area contributed by atoms with E-state index < -0.39 is 0 Å². The number of rotatable bonds is 4. The Balaban J connectivity index is 0.000000161. The molecule has 0 atom stereocenters. The molecule has 0 unspecified atom stereocenters. The first kappa shape index (κ1) is 25.6. The summed E-state index contributed by atoms with van der Waals surface area (Å²) in [5, 5.41) is 0. The van der Waals surface area contributed by atoms with Crippen molar-refractivity contribution in [2.24, 2.45) is 0 Å². The normalized spacial score (nSPS) is 10.4. The first-order valence-electron chi connectivity index (χ1n) is 11.8. The fourth-order valence-electron chi connectivity index (χ4n) is 3.65. The molecule has 12 heteroatoms. The second kappa shape index (κ2) is 11.6. The van der Waals surface area contributed by atoms with Crippen LogP contribution in [0.3, 0.4) is 0 Å². The highest BCUT2D eigenvalue weighted by Crippen LogP contribution is 2.10. The summed E-state index contributed by atoms with van der Waals surface area (Å²) in [4.78, 5) is 63.7. The molecule has 6 aromatic rings. The minimum atomic E-state index is -0.234. The third-order valence-corrected chi connectivity index (χ3v) is 5.69. The van der Waals surface area contributed by atoms with E-state index in [1.165, 1.54) is 68.4 Å². The van der Waals surface area contributed by atoms with Crippen LogP contribution in [0, 0.1) is 0 Å². The van der Waals surface area contributed by atoms with E-state index in [4.69, 9.17) is 0 Å². The lowest BCUT2D eigenvalue weighted by Gasteiger charge is -2.05. The Hall–Kier alpha value is -6.04. The van der Waals surface area contributed by atoms with E-state index >= 15 is 0 Å². The molecule has 12 nitrogen and oxygen atoms in total. The van der Waals surface area contributed by atoms with Crippen molar-refractivity contribution in [1.29, 1.82) is 0 Å². The Morgan fingerprint density at radius 3 is 1.00 bits per heavy atom. The van der Waals surface area contributed by atoms with Crippen molar-refractivity contribution >= 4 is 23.6 Å². The molecule has 0 spiro atoms. The Kier molecular flexibility index (Phi) is 7.40. The standard InChI is InChI=1S/2C14H10N4O2/c19-13(17-7-5-15-9-17)11-1-2-12(4-3-11)14(20)18-8-6-16-10-18;19-13(17-6-4-15-9-17)11-2-1-3-12(8-11)14(20)18-7-5-16-10-18/h2*1-10H. The van der Waals surface area contributed by atoms with Gasteiger partial charge in [0.2, 0.25) is 0 Å². The van der Waals surface area contributed by atoms with Crippen molar-refractivity contribution in [1.82, 2.24) is 38.2 Å². The number of hydrogen-bond donors (Lipinski definition) is 0. The number of benzene rings is 2. The molecule has 0 radical (unpaired) electrons. The maximum atomic E-state index is 12.2. The van der Waals surface area contributed by atoms with Gasteiger partial charge in [0.05, 0.1) is 0 Å². The van der Waals surface area contributed by atoms with Gasteiger partial charge in [-0.3, -0.25) is 37.4 Å². The first-order valence-corrected chi connectivity index (χ1v) is 11.8. The largest absolute Gasteiger partial charge is 0.272 e. The molecule has 6 rings (SSSR count). The molecule has 0 fully saturated rings. The predicted molar refractivity (Wildman–Crippen MR) is 141 cm³/mol. The summed E-state index contributed by atoms with van der Waals surface area (Å²) in [6.45, 7) is 0. The summed E-state index contributed by atoms with van der Waals surface area (Å²) in [6.07, 6.45) is 18.1. The van der Waals surface area contributed by atoms with Gasteiger partial charge in [-0.15, -0.1) is 0 Å². The number of carbonyl (C=O) groups is 4. The van der Waals surface area contributed by atoms with E-state index in [0.29, 0.717) is 22.3 Å². The van der Waals surface area contributed by atoms with E-state index in [9.17, 15) is 19.2 Å². The SMILES string of the molecule is O=C(c1ccc(C(=O)n2ccnc2)cc1)n1ccnc1.O=C(c1cccc(C(=O)n2ccnc2)c1)n1ccnc1. The second-order valence-electron chi connectivity index (χ2n) is 8.26. The van der Waals surface area contributed by atoms with Crippen LogP contribution in [-0.4, -0.2) is 61.8 Å². The first-order chi connectivity index (χ1) is 19.5. The van der Waals surface area contributed by atoms with Crippen LogP contribution in [-0.2, 0) is 0 Å². The lowest BCUT2D eigenvalue weighted by Crippen LogP contribution is -2.13. The molecule has 0 aliphatic heterocycles. The van der Waals surface area contributed by atoms with E-state index in [2.05, 4.69) is 19.9 Å². The lowest BCUT2D eigenvalue weighted by molar-refractivity contribution is 0.0948. The van der Waals surface area contributed by atoms with Crippen LogP contribution in [0.4, 0.5) is 0 Å². The van der Waals surface area contributed by atoms with Gasteiger partial charge in [-0.05, 0) is 42.5 Å². The highest BCUT2D eigenvalue weighted by molar-refractivity contribution is 6.01. The third kappa shape index (κ3) is 5.60.